The number of fused-ring (bicyclic) bond motifs is 1. The number of para-hydroxylation sites is 1. The SMILES string of the molecule is COC(=O)c1c(C)oc(NC(=O)c2ccccc2F)c1-c1nc2ccccc2s1. The molecule has 2 aromatic heterocycles. The van der Waals surface area contributed by atoms with Crippen LogP contribution >= 0.6 is 11.3 Å². The highest BCUT2D eigenvalue weighted by molar-refractivity contribution is 7.21. The summed E-state index contributed by atoms with van der Waals surface area (Å²) in [5, 5.41) is 3.04. The summed E-state index contributed by atoms with van der Waals surface area (Å²) < 4.78 is 25.4. The van der Waals surface area contributed by atoms with Gasteiger partial charge in [0, 0.05) is 0 Å². The molecule has 4 rings (SSSR count). The lowest BCUT2D eigenvalue weighted by Gasteiger charge is -2.05. The Bertz CT molecular complexity index is 1210. The number of nitrogens with zero attached hydrogens (tertiary/aromatic N) is 1. The van der Waals surface area contributed by atoms with E-state index in [2.05, 4.69) is 10.3 Å². The summed E-state index contributed by atoms with van der Waals surface area (Å²) in [7, 11) is 1.26. The second kappa shape index (κ2) is 7.48. The Kier molecular flexibility index (Phi) is 4.85. The molecule has 0 radical (unpaired) electrons. The fourth-order valence-corrected chi connectivity index (χ4v) is 3.99. The largest absolute Gasteiger partial charge is 0.465 e. The van der Waals surface area contributed by atoms with E-state index in [-0.39, 0.29) is 22.8 Å². The number of amides is 1. The predicted molar refractivity (Wildman–Crippen MR) is 108 cm³/mol. The third-order valence-corrected chi connectivity index (χ3v) is 5.38. The monoisotopic (exact) mass is 410 g/mol. The molecule has 0 aliphatic rings. The van der Waals surface area contributed by atoms with Crippen molar-refractivity contribution < 1.29 is 23.1 Å². The normalized spacial score (nSPS) is 10.9. The van der Waals surface area contributed by atoms with E-state index in [4.69, 9.17) is 9.15 Å². The zero-order valence-electron chi connectivity index (χ0n) is 15.5. The van der Waals surface area contributed by atoms with Crippen LogP contribution in [0.2, 0.25) is 0 Å². The Morgan fingerprint density at radius 3 is 2.59 bits per heavy atom. The van der Waals surface area contributed by atoms with Crippen molar-refractivity contribution in [2.45, 2.75) is 6.92 Å². The average Bonchev–Trinajstić information content (AvgIpc) is 3.27. The number of carbonyl (C=O) groups excluding carboxylic acids is 2. The molecular formula is C21H15FN2O4S. The van der Waals surface area contributed by atoms with Gasteiger partial charge in [-0.3, -0.25) is 10.1 Å². The van der Waals surface area contributed by atoms with Gasteiger partial charge in [0.25, 0.3) is 5.91 Å². The lowest BCUT2D eigenvalue weighted by Crippen LogP contribution is -2.14. The summed E-state index contributed by atoms with van der Waals surface area (Å²) in [4.78, 5) is 29.6. The van der Waals surface area contributed by atoms with Crippen LogP contribution in [0.5, 0.6) is 0 Å². The molecule has 0 saturated heterocycles. The van der Waals surface area contributed by atoms with Crippen LogP contribution in [0.4, 0.5) is 10.3 Å². The van der Waals surface area contributed by atoms with Crippen LogP contribution in [0.25, 0.3) is 20.8 Å². The van der Waals surface area contributed by atoms with Crippen LogP contribution in [-0.4, -0.2) is 24.0 Å². The van der Waals surface area contributed by atoms with Gasteiger partial charge in [-0.25, -0.2) is 14.2 Å². The third kappa shape index (κ3) is 3.38. The van der Waals surface area contributed by atoms with Gasteiger partial charge in [0.05, 0.1) is 28.5 Å². The van der Waals surface area contributed by atoms with Crippen molar-refractivity contribution in [1.29, 1.82) is 0 Å². The summed E-state index contributed by atoms with van der Waals surface area (Å²) in [6.07, 6.45) is 0. The molecule has 2 aromatic carbocycles. The zero-order chi connectivity index (χ0) is 20.5. The van der Waals surface area contributed by atoms with E-state index >= 15 is 0 Å². The first kappa shape index (κ1) is 18.8. The van der Waals surface area contributed by atoms with Crippen molar-refractivity contribution in [1.82, 2.24) is 4.98 Å². The highest BCUT2D eigenvalue weighted by Gasteiger charge is 2.29. The number of esters is 1. The number of ether oxygens (including phenoxy) is 1. The minimum absolute atomic E-state index is 0.00945. The molecule has 0 atom stereocenters. The maximum Gasteiger partial charge on any atom is 0.342 e. The topological polar surface area (TPSA) is 81.4 Å². The van der Waals surface area contributed by atoms with E-state index < -0.39 is 17.7 Å². The van der Waals surface area contributed by atoms with Gasteiger partial charge in [-0.2, -0.15) is 0 Å². The Labute approximate surface area is 168 Å². The second-order valence-electron chi connectivity index (χ2n) is 6.15. The first-order valence-corrected chi connectivity index (χ1v) is 9.44. The molecule has 0 saturated carbocycles. The first-order chi connectivity index (χ1) is 14.0. The number of anilines is 1. The molecule has 0 spiro atoms. The van der Waals surface area contributed by atoms with Gasteiger partial charge < -0.3 is 9.15 Å². The van der Waals surface area contributed by atoms with E-state index in [9.17, 15) is 14.0 Å². The van der Waals surface area contributed by atoms with Crippen LogP contribution in [-0.2, 0) is 4.74 Å². The molecule has 1 amide bonds. The molecule has 146 valence electrons. The van der Waals surface area contributed by atoms with E-state index in [1.165, 1.54) is 36.6 Å². The molecule has 0 unspecified atom stereocenters. The van der Waals surface area contributed by atoms with Crippen LogP contribution in [0.15, 0.2) is 52.9 Å². The fraction of sp³-hybridized carbons (Fsp3) is 0.0952. The molecule has 0 aliphatic carbocycles. The number of rotatable bonds is 4. The number of hydrogen-bond donors (Lipinski definition) is 1. The van der Waals surface area contributed by atoms with Crippen molar-refractivity contribution in [2.75, 3.05) is 12.4 Å². The molecular weight excluding hydrogens is 395 g/mol. The van der Waals surface area contributed by atoms with Crippen molar-refractivity contribution in [3.63, 3.8) is 0 Å². The van der Waals surface area contributed by atoms with E-state index in [0.717, 1.165) is 10.2 Å². The summed E-state index contributed by atoms with van der Waals surface area (Å²) in [6, 6.07) is 13.1. The van der Waals surface area contributed by atoms with Crippen LogP contribution in [0.1, 0.15) is 26.5 Å². The zero-order valence-corrected chi connectivity index (χ0v) is 16.3. The minimum Gasteiger partial charge on any atom is -0.465 e. The molecule has 4 aromatic rings. The highest BCUT2D eigenvalue weighted by Crippen LogP contribution is 2.40. The number of nitrogens with one attached hydrogen (secondary N) is 1. The average molecular weight is 410 g/mol. The van der Waals surface area contributed by atoms with Crippen molar-refractivity contribution in [3.05, 3.63) is 71.2 Å². The predicted octanol–water partition coefficient (Wildman–Crippen LogP) is 5.04. The van der Waals surface area contributed by atoms with Crippen LogP contribution in [0, 0.1) is 12.7 Å². The first-order valence-electron chi connectivity index (χ1n) is 8.63. The van der Waals surface area contributed by atoms with Gasteiger partial charge in [-0.15, -0.1) is 11.3 Å². The number of aryl methyl sites for hydroxylation is 1. The molecule has 2 heterocycles. The lowest BCUT2D eigenvalue weighted by molar-refractivity contribution is 0.0599. The number of thiazole rings is 1. The number of hydrogen-bond acceptors (Lipinski definition) is 6. The number of furan rings is 1. The Morgan fingerprint density at radius 1 is 1.14 bits per heavy atom. The lowest BCUT2D eigenvalue weighted by atomic mass is 10.1. The fourth-order valence-electron chi connectivity index (χ4n) is 2.98. The summed E-state index contributed by atoms with van der Waals surface area (Å²) in [5.74, 6) is -1.71. The van der Waals surface area contributed by atoms with E-state index in [0.29, 0.717) is 10.6 Å². The molecule has 0 bridgehead atoms. The summed E-state index contributed by atoms with van der Waals surface area (Å²) in [6.45, 7) is 1.59. The summed E-state index contributed by atoms with van der Waals surface area (Å²) in [5.41, 5.74) is 1.07. The van der Waals surface area contributed by atoms with Crippen molar-refractivity contribution >= 4 is 39.3 Å². The van der Waals surface area contributed by atoms with Gasteiger partial charge >= 0.3 is 5.97 Å². The quantitative estimate of drug-likeness (QED) is 0.477. The molecule has 8 heteroatoms. The minimum atomic E-state index is -0.698. The van der Waals surface area contributed by atoms with E-state index in [1.807, 2.05) is 24.3 Å². The maximum absolute atomic E-state index is 14.0. The van der Waals surface area contributed by atoms with Crippen molar-refractivity contribution in [2.24, 2.45) is 0 Å². The van der Waals surface area contributed by atoms with Gasteiger partial charge in [0.15, 0.2) is 0 Å². The van der Waals surface area contributed by atoms with Gasteiger partial charge in [-0.05, 0) is 31.2 Å². The van der Waals surface area contributed by atoms with Gasteiger partial charge in [0.2, 0.25) is 5.88 Å². The van der Waals surface area contributed by atoms with Crippen LogP contribution in [0.3, 0.4) is 0 Å². The van der Waals surface area contributed by atoms with Crippen molar-refractivity contribution in [3.8, 4) is 10.6 Å². The molecule has 0 fully saturated rings. The highest BCUT2D eigenvalue weighted by atomic mass is 32.1. The van der Waals surface area contributed by atoms with Gasteiger partial charge in [-0.1, -0.05) is 24.3 Å². The Hall–Kier alpha value is -3.52. The van der Waals surface area contributed by atoms with Crippen LogP contribution < -0.4 is 5.32 Å². The maximum atomic E-state index is 14.0. The smallest absolute Gasteiger partial charge is 0.342 e. The number of aromatic nitrogens is 1. The molecule has 6 nitrogen and oxygen atoms in total. The number of halogens is 1. The number of benzene rings is 2. The number of carbonyl (C=O) groups is 2. The van der Waals surface area contributed by atoms with E-state index in [1.54, 1.807) is 13.0 Å². The molecule has 29 heavy (non-hydrogen) atoms. The molecule has 0 aliphatic heterocycles. The number of methoxy groups -OCH3 is 1. The standard InChI is InChI=1S/C21H15FN2O4S/c1-11-16(21(26)27-2)17(20-23-14-9-5-6-10-15(14)29-20)19(28-11)24-18(25)12-7-3-4-8-13(12)22/h3-10H,1-2H3,(H,24,25). The Morgan fingerprint density at radius 2 is 1.86 bits per heavy atom. The molecule has 1 N–H and O–H groups in total. The Balaban J connectivity index is 1.85. The second-order valence-corrected chi connectivity index (χ2v) is 7.18. The summed E-state index contributed by atoms with van der Waals surface area (Å²) >= 11 is 1.34. The third-order valence-electron chi connectivity index (χ3n) is 4.33. The van der Waals surface area contributed by atoms with Gasteiger partial charge in [0.1, 0.15) is 22.1 Å².